The summed E-state index contributed by atoms with van der Waals surface area (Å²) in [6.45, 7) is 1.94. The van der Waals surface area contributed by atoms with Crippen molar-refractivity contribution in [2.75, 3.05) is 0 Å². The molecule has 0 aromatic carbocycles. The van der Waals surface area contributed by atoms with Gasteiger partial charge in [-0.05, 0) is 24.8 Å². The number of nitriles is 1. The minimum absolute atomic E-state index is 0.325. The second-order valence-corrected chi connectivity index (χ2v) is 4.24. The Labute approximate surface area is 97.1 Å². The molecule has 0 atom stereocenters. The van der Waals surface area contributed by atoms with Crippen molar-refractivity contribution in [2.45, 2.75) is 17.0 Å². The van der Waals surface area contributed by atoms with E-state index in [4.69, 9.17) is 5.26 Å². The Morgan fingerprint density at radius 1 is 1.38 bits per heavy atom. The molecule has 0 spiro atoms. The van der Waals surface area contributed by atoms with Crippen LogP contribution in [-0.4, -0.2) is 19.7 Å². The number of hydrogen-bond acceptors (Lipinski definition) is 5. The molecule has 0 radical (unpaired) electrons. The molecule has 6 heteroatoms. The lowest BCUT2D eigenvalue weighted by molar-refractivity contribution is 0.692. The number of rotatable bonds is 2. The first kappa shape index (κ1) is 10.6. The largest absolute Gasteiger partial charge is 0.261 e. The Balaban J connectivity index is 2.21. The zero-order chi connectivity index (χ0) is 11.5. The minimum atomic E-state index is 0.325. The standard InChI is InChI=1S/C10H9N5S/c1-7-3-10(15(2)14-7)16-9-6-12-8(4-11)5-13-9/h3,5-6H,1-2H3. The van der Waals surface area contributed by atoms with E-state index in [0.717, 1.165) is 15.7 Å². The molecule has 0 amide bonds. The van der Waals surface area contributed by atoms with Gasteiger partial charge in [0.2, 0.25) is 0 Å². The second kappa shape index (κ2) is 4.33. The molecule has 80 valence electrons. The second-order valence-electron chi connectivity index (χ2n) is 3.20. The van der Waals surface area contributed by atoms with Gasteiger partial charge in [-0.1, -0.05) is 0 Å². The number of hydrogen-bond donors (Lipinski definition) is 0. The molecule has 2 aromatic heterocycles. The van der Waals surface area contributed by atoms with E-state index in [1.165, 1.54) is 18.0 Å². The van der Waals surface area contributed by atoms with E-state index < -0.39 is 0 Å². The number of nitrogens with zero attached hydrogens (tertiary/aromatic N) is 5. The summed E-state index contributed by atoms with van der Waals surface area (Å²) in [4.78, 5) is 8.09. The molecule has 5 nitrogen and oxygen atoms in total. The van der Waals surface area contributed by atoms with Gasteiger partial charge in [0.15, 0.2) is 5.69 Å². The molecule has 2 rings (SSSR count). The summed E-state index contributed by atoms with van der Waals surface area (Å²) in [5.41, 5.74) is 1.29. The van der Waals surface area contributed by atoms with Crippen molar-refractivity contribution in [2.24, 2.45) is 7.05 Å². The molecule has 2 heterocycles. The fraction of sp³-hybridized carbons (Fsp3) is 0.200. The van der Waals surface area contributed by atoms with E-state index in [1.807, 2.05) is 26.1 Å². The number of aromatic nitrogens is 4. The lowest BCUT2D eigenvalue weighted by atomic mass is 10.5. The van der Waals surface area contributed by atoms with Crippen molar-refractivity contribution in [3.63, 3.8) is 0 Å². The van der Waals surface area contributed by atoms with Crippen LogP contribution in [0.2, 0.25) is 0 Å². The molecular formula is C10H9N5S. The van der Waals surface area contributed by atoms with Crippen molar-refractivity contribution >= 4 is 11.8 Å². The lowest BCUT2D eigenvalue weighted by Gasteiger charge is -1.99. The third kappa shape index (κ3) is 2.20. The molecule has 0 N–H and O–H groups in total. The van der Waals surface area contributed by atoms with Crippen LogP contribution in [0.15, 0.2) is 28.5 Å². The van der Waals surface area contributed by atoms with E-state index in [0.29, 0.717) is 5.69 Å². The third-order valence-corrected chi connectivity index (χ3v) is 2.92. The molecular weight excluding hydrogens is 222 g/mol. The zero-order valence-corrected chi connectivity index (χ0v) is 9.69. The van der Waals surface area contributed by atoms with Crippen LogP contribution < -0.4 is 0 Å². The Morgan fingerprint density at radius 3 is 2.69 bits per heavy atom. The van der Waals surface area contributed by atoms with Crippen molar-refractivity contribution < 1.29 is 0 Å². The molecule has 0 aliphatic heterocycles. The molecule has 0 fully saturated rings. The molecule has 0 aliphatic carbocycles. The van der Waals surface area contributed by atoms with Gasteiger partial charge in [0.25, 0.3) is 0 Å². The summed E-state index contributed by atoms with van der Waals surface area (Å²) in [6, 6.07) is 3.91. The quantitative estimate of drug-likeness (QED) is 0.784. The van der Waals surface area contributed by atoms with Crippen molar-refractivity contribution in [1.29, 1.82) is 5.26 Å². The smallest absolute Gasteiger partial charge is 0.158 e. The van der Waals surface area contributed by atoms with Crippen LogP contribution in [0.4, 0.5) is 0 Å². The van der Waals surface area contributed by atoms with Gasteiger partial charge in [0, 0.05) is 7.05 Å². The summed E-state index contributed by atoms with van der Waals surface area (Å²) in [7, 11) is 1.88. The number of aryl methyl sites for hydroxylation is 2. The summed E-state index contributed by atoms with van der Waals surface area (Å²) < 4.78 is 1.79. The van der Waals surface area contributed by atoms with E-state index in [-0.39, 0.29) is 0 Å². The van der Waals surface area contributed by atoms with Gasteiger partial charge < -0.3 is 0 Å². The monoisotopic (exact) mass is 231 g/mol. The van der Waals surface area contributed by atoms with Crippen LogP contribution >= 0.6 is 11.8 Å². The normalized spacial score (nSPS) is 10.1. The molecule has 0 saturated carbocycles. The maximum absolute atomic E-state index is 8.59. The molecule has 0 saturated heterocycles. The average molecular weight is 231 g/mol. The van der Waals surface area contributed by atoms with E-state index in [1.54, 1.807) is 10.9 Å². The zero-order valence-electron chi connectivity index (χ0n) is 8.88. The highest BCUT2D eigenvalue weighted by atomic mass is 32.2. The first-order chi connectivity index (χ1) is 7.69. The topological polar surface area (TPSA) is 67.4 Å². The minimum Gasteiger partial charge on any atom is -0.261 e. The predicted molar refractivity (Wildman–Crippen MR) is 58.8 cm³/mol. The van der Waals surface area contributed by atoms with Gasteiger partial charge in [0.1, 0.15) is 16.1 Å². The van der Waals surface area contributed by atoms with Gasteiger partial charge in [-0.3, -0.25) is 4.68 Å². The molecule has 0 aliphatic rings. The van der Waals surface area contributed by atoms with Crippen molar-refractivity contribution in [1.82, 2.24) is 19.7 Å². The Morgan fingerprint density at radius 2 is 2.19 bits per heavy atom. The van der Waals surface area contributed by atoms with Gasteiger partial charge >= 0.3 is 0 Å². The highest BCUT2D eigenvalue weighted by Gasteiger charge is 2.05. The lowest BCUT2D eigenvalue weighted by Crippen LogP contribution is -1.93. The summed E-state index contributed by atoms with van der Waals surface area (Å²) in [5, 5.41) is 14.6. The summed E-state index contributed by atoms with van der Waals surface area (Å²) >= 11 is 1.47. The van der Waals surface area contributed by atoms with E-state index in [9.17, 15) is 0 Å². The molecule has 0 bridgehead atoms. The SMILES string of the molecule is Cc1cc(Sc2cnc(C#N)cn2)n(C)n1. The van der Waals surface area contributed by atoms with Gasteiger partial charge in [-0.15, -0.1) is 0 Å². The predicted octanol–water partition coefficient (Wildman–Crippen LogP) is 1.54. The van der Waals surface area contributed by atoms with E-state index in [2.05, 4.69) is 15.1 Å². The van der Waals surface area contributed by atoms with Crippen LogP contribution in [0.5, 0.6) is 0 Å². The van der Waals surface area contributed by atoms with Gasteiger partial charge in [0.05, 0.1) is 18.1 Å². The van der Waals surface area contributed by atoms with Gasteiger partial charge in [-0.25, -0.2) is 9.97 Å². The molecule has 0 unspecified atom stereocenters. The van der Waals surface area contributed by atoms with E-state index >= 15 is 0 Å². The summed E-state index contributed by atoms with van der Waals surface area (Å²) in [6.07, 6.45) is 3.05. The first-order valence-corrected chi connectivity index (χ1v) is 5.41. The Kier molecular flexibility index (Phi) is 2.88. The highest BCUT2D eigenvalue weighted by Crippen LogP contribution is 2.25. The average Bonchev–Trinajstić information content (AvgIpc) is 2.59. The fourth-order valence-electron chi connectivity index (χ4n) is 1.22. The Bertz CT molecular complexity index is 537. The van der Waals surface area contributed by atoms with Crippen LogP contribution in [-0.2, 0) is 7.05 Å². The molecule has 2 aromatic rings. The van der Waals surface area contributed by atoms with Crippen LogP contribution in [0.1, 0.15) is 11.4 Å². The maximum Gasteiger partial charge on any atom is 0.158 e. The summed E-state index contributed by atoms with van der Waals surface area (Å²) in [5.74, 6) is 0. The fourth-order valence-corrected chi connectivity index (χ4v) is 2.04. The Hall–Kier alpha value is -1.87. The molecule has 16 heavy (non-hydrogen) atoms. The van der Waals surface area contributed by atoms with Crippen LogP contribution in [0, 0.1) is 18.3 Å². The third-order valence-electron chi connectivity index (χ3n) is 1.91. The van der Waals surface area contributed by atoms with Gasteiger partial charge in [-0.2, -0.15) is 10.4 Å². The van der Waals surface area contributed by atoms with Crippen molar-refractivity contribution in [3.8, 4) is 6.07 Å². The van der Waals surface area contributed by atoms with Crippen LogP contribution in [0.25, 0.3) is 0 Å². The first-order valence-electron chi connectivity index (χ1n) is 4.59. The maximum atomic E-state index is 8.59. The highest BCUT2D eigenvalue weighted by molar-refractivity contribution is 7.99. The van der Waals surface area contributed by atoms with Crippen molar-refractivity contribution in [3.05, 3.63) is 29.8 Å². The van der Waals surface area contributed by atoms with Crippen LogP contribution in [0.3, 0.4) is 0 Å².